The van der Waals surface area contributed by atoms with Crippen LogP contribution in [0.15, 0.2) is 60.2 Å². The van der Waals surface area contributed by atoms with Gasteiger partial charge in [-0.25, -0.2) is 4.98 Å². The van der Waals surface area contributed by atoms with Crippen molar-refractivity contribution in [3.63, 3.8) is 0 Å². The van der Waals surface area contributed by atoms with Gasteiger partial charge in [-0.2, -0.15) is 0 Å². The van der Waals surface area contributed by atoms with Gasteiger partial charge in [0.1, 0.15) is 5.69 Å². The fourth-order valence-corrected chi connectivity index (χ4v) is 3.78. The molecule has 30 heavy (non-hydrogen) atoms. The van der Waals surface area contributed by atoms with Crippen LogP contribution in [0.5, 0.6) is 0 Å². The fraction of sp³-hybridized carbons (Fsp3) is 0.273. The molecule has 0 atom stereocenters. The van der Waals surface area contributed by atoms with Crippen molar-refractivity contribution in [3.05, 3.63) is 71.5 Å². The quantitative estimate of drug-likeness (QED) is 0.551. The second-order valence-corrected chi connectivity index (χ2v) is 8.00. The number of hydrogen-bond acceptors (Lipinski definition) is 6. The van der Waals surface area contributed by atoms with Crippen LogP contribution < -0.4 is 10.6 Å². The maximum Gasteiger partial charge on any atom is 0.273 e. The van der Waals surface area contributed by atoms with Crippen LogP contribution in [0.4, 0.5) is 10.8 Å². The molecule has 1 aliphatic rings. The van der Waals surface area contributed by atoms with Crippen LogP contribution in [0.1, 0.15) is 35.3 Å². The summed E-state index contributed by atoms with van der Waals surface area (Å²) in [4.78, 5) is 35.5. The number of rotatable bonds is 9. The van der Waals surface area contributed by atoms with E-state index >= 15 is 0 Å². The number of benzene rings is 1. The van der Waals surface area contributed by atoms with Gasteiger partial charge in [0.15, 0.2) is 5.13 Å². The molecule has 7 nitrogen and oxygen atoms in total. The molecule has 1 saturated carbocycles. The SMILES string of the molecule is O=C(CCN(C(=O)c1csc(Nc2ccccc2)n1)C1CC1)NCc1cccnc1. The molecule has 0 unspecified atom stereocenters. The number of pyridine rings is 1. The van der Waals surface area contributed by atoms with Crippen LogP contribution in [-0.4, -0.2) is 39.3 Å². The third kappa shape index (κ3) is 5.42. The summed E-state index contributed by atoms with van der Waals surface area (Å²) in [5, 5.41) is 8.54. The molecule has 154 valence electrons. The number of anilines is 2. The average Bonchev–Trinajstić information content (AvgIpc) is 3.51. The van der Waals surface area contributed by atoms with E-state index in [0.29, 0.717) is 23.9 Å². The van der Waals surface area contributed by atoms with E-state index in [1.54, 1.807) is 22.7 Å². The fourth-order valence-electron chi connectivity index (χ4n) is 3.07. The number of carbonyl (C=O) groups excluding carboxylic acids is 2. The van der Waals surface area contributed by atoms with E-state index in [9.17, 15) is 9.59 Å². The average molecular weight is 422 g/mol. The minimum absolute atomic E-state index is 0.0815. The number of nitrogens with zero attached hydrogens (tertiary/aromatic N) is 3. The lowest BCUT2D eigenvalue weighted by atomic mass is 10.2. The van der Waals surface area contributed by atoms with Crippen LogP contribution >= 0.6 is 11.3 Å². The zero-order valence-electron chi connectivity index (χ0n) is 16.5. The van der Waals surface area contributed by atoms with Crippen LogP contribution in [0.3, 0.4) is 0 Å². The largest absolute Gasteiger partial charge is 0.352 e. The summed E-state index contributed by atoms with van der Waals surface area (Å²) in [6, 6.07) is 13.7. The topological polar surface area (TPSA) is 87.2 Å². The van der Waals surface area contributed by atoms with Crippen LogP contribution in [0.25, 0.3) is 0 Å². The normalized spacial score (nSPS) is 12.9. The van der Waals surface area contributed by atoms with Crippen molar-refractivity contribution in [2.45, 2.75) is 31.8 Å². The minimum atomic E-state index is -0.116. The van der Waals surface area contributed by atoms with Crippen molar-refractivity contribution < 1.29 is 9.59 Å². The number of nitrogens with one attached hydrogen (secondary N) is 2. The Kier molecular flexibility index (Phi) is 6.34. The van der Waals surface area contributed by atoms with Crippen molar-refractivity contribution in [2.24, 2.45) is 0 Å². The minimum Gasteiger partial charge on any atom is -0.352 e. The van der Waals surface area contributed by atoms with E-state index < -0.39 is 0 Å². The molecule has 2 heterocycles. The maximum atomic E-state index is 13.0. The van der Waals surface area contributed by atoms with Crippen molar-refractivity contribution >= 4 is 34.0 Å². The van der Waals surface area contributed by atoms with Gasteiger partial charge in [-0.1, -0.05) is 24.3 Å². The number of carbonyl (C=O) groups is 2. The van der Waals surface area contributed by atoms with E-state index in [-0.39, 0.29) is 24.3 Å². The molecule has 0 saturated heterocycles. The van der Waals surface area contributed by atoms with Gasteiger partial charge in [-0.3, -0.25) is 14.6 Å². The van der Waals surface area contributed by atoms with E-state index in [2.05, 4.69) is 20.6 Å². The molecule has 4 rings (SSSR count). The zero-order valence-corrected chi connectivity index (χ0v) is 17.3. The highest BCUT2D eigenvalue weighted by atomic mass is 32.1. The Labute approximate surface area is 179 Å². The molecular formula is C22H23N5O2S. The molecule has 1 fully saturated rings. The van der Waals surface area contributed by atoms with E-state index in [1.807, 2.05) is 42.5 Å². The summed E-state index contributed by atoms with van der Waals surface area (Å²) < 4.78 is 0. The van der Waals surface area contributed by atoms with E-state index in [4.69, 9.17) is 0 Å². The van der Waals surface area contributed by atoms with Gasteiger partial charge in [-0.15, -0.1) is 11.3 Å². The number of amides is 2. The monoisotopic (exact) mass is 421 g/mol. The van der Waals surface area contributed by atoms with Gasteiger partial charge in [-0.05, 0) is 36.6 Å². The highest BCUT2D eigenvalue weighted by Crippen LogP contribution is 2.29. The number of aromatic nitrogens is 2. The Bertz CT molecular complexity index is 989. The van der Waals surface area contributed by atoms with Gasteiger partial charge in [0, 0.05) is 49.0 Å². The lowest BCUT2D eigenvalue weighted by Gasteiger charge is -2.21. The summed E-state index contributed by atoms with van der Waals surface area (Å²) in [6.07, 6.45) is 5.64. The zero-order chi connectivity index (χ0) is 20.8. The summed E-state index contributed by atoms with van der Waals surface area (Å²) in [6.45, 7) is 0.825. The maximum absolute atomic E-state index is 13.0. The Morgan fingerprint density at radius 2 is 1.97 bits per heavy atom. The first-order chi connectivity index (χ1) is 14.7. The van der Waals surface area contributed by atoms with Gasteiger partial charge >= 0.3 is 0 Å². The summed E-state index contributed by atoms with van der Waals surface area (Å²) in [5.41, 5.74) is 2.29. The van der Waals surface area contributed by atoms with Crippen molar-refractivity contribution in [1.82, 2.24) is 20.2 Å². The Morgan fingerprint density at radius 1 is 1.13 bits per heavy atom. The molecule has 8 heteroatoms. The molecule has 0 radical (unpaired) electrons. The van der Waals surface area contributed by atoms with Crippen LogP contribution in [-0.2, 0) is 11.3 Å². The first kappa shape index (κ1) is 20.0. The molecule has 2 amide bonds. The van der Waals surface area contributed by atoms with Crippen LogP contribution in [0.2, 0.25) is 0 Å². The van der Waals surface area contributed by atoms with E-state index in [0.717, 1.165) is 24.1 Å². The Hall–Kier alpha value is -3.26. The molecule has 2 N–H and O–H groups in total. The lowest BCUT2D eigenvalue weighted by molar-refractivity contribution is -0.121. The molecule has 3 aromatic rings. The molecule has 2 aromatic heterocycles. The molecule has 0 spiro atoms. The van der Waals surface area contributed by atoms with Crippen molar-refractivity contribution in [1.29, 1.82) is 0 Å². The van der Waals surface area contributed by atoms with Gasteiger partial charge in [0.05, 0.1) is 0 Å². The van der Waals surface area contributed by atoms with Gasteiger partial charge in [0.2, 0.25) is 5.91 Å². The predicted molar refractivity (Wildman–Crippen MR) is 117 cm³/mol. The van der Waals surface area contributed by atoms with Crippen molar-refractivity contribution in [2.75, 3.05) is 11.9 Å². The molecular weight excluding hydrogens is 398 g/mol. The van der Waals surface area contributed by atoms with E-state index in [1.165, 1.54) is 11.3 Å². The molecule has 1 aliphatic carbocycles. The first-order valence-electron chi connectivity index (χ1n) is 9.93. The second kappa shape index (κ2) is 9.49. The van der Waals surface area contributed by atoms with Gasteiger partial charge < -0.3 is 15.5 Å². The van der Waals surface area contributed by atoms with Gasteiger partial charge in [0.25, 0.3) is 5.91 Å². The summed E-state index contributed by atoms with van der Waals surface area (Å²) >= 11 is 1.40. The summed E-state index contributed by atoms with van der Waals surface area (Å²) in [5.74, 6) is -0.197. The smallest absolute Gasteiger partial charge is 0.273 e. The number of thiazole rings is 1. The Balaban J connectivity index is 1.31. The highest BCUT2D eigenvalue weighted by Gasteiger charge is 2.34. The summed E-state index contributed by atoms with van der Waals surface area (Å²) in [7, 11) is 0. The second-order valence-electron chi connectivity index (χ2n) is 7.15. The van der Waals surface area contributed by atoms with Crippen LogP contribution in [0, 0.1) is 0 Å². The lowest BCUT2D eigenvalue weighted by Crippen LogP contribution is -2.37. The molecule has 1 aromatic carbocycles. The number of hydrogen-bond donors (Lipinski definition) is 2. The highest BCUT2D eigenvalue weighted by molar-refractivity contribution is 7.14. The first-order valence-corrected chi connectivity index (χ1v) is 10.8. The third-order valence-corrected chi connectivity index (χ3v) is 5.55. The number of para-hydroxylation sites is 1. The van der Waals surface area contributed by atoms with Crippen molar-refractivity contribution in [3.8, 4) is 0 Å². The Morgan fingerprint density at radius 3 is 2.70 bits per heavy atom. The standard InChI is InChI=1S/C22H23N5O2S/c28-20(24-14-16-5-4-11-23-13-16)10-12-27(18-8-9-18)21(29)19-15-30-22(26-19)25-17-6-2-1-3-7-17/h1-7,11,13,15,18H,8-10,12,14H2,(H,24,28)(H,25,26). The molecule has 0 bridgehead atoms. The predicted octanol–water partition coefficient (Wildman–Crippen LogP) is 3.59. The third-order valence-electron chi connectivity index (χ3n) is 4.79. The molecule has 0 aliphatic heterocycles.